The van der Waals surface area contributed by atoms with Crippen LogP contribution in [0.5, 0.6) is 11.5 Å². The standard InChI is InChI=1S/C25H27NO3/c1-27-23-11-7-20(8-12-23)17-26-15-16-28-25(18-26)22-9-13-24(14-10-22)29-19-21-5-3-2-4-6-21/h2-14,25H,15-19H2,1H3. The third kappa shape index (κ3) is 5.37. The lowest BCUT2D eigenvalue weighted by atomic mass is 10.1. The van der Waals surface area contributed by atoms with E-state index in [1.54, 1.807) is 7.11 Å². The van der Waals surface area contributed by atoms with Crippen LogP contribution in [-0.4, -0.2) is 31.7 Å². The smallest absolute Gasteiger partial charge is 0.119 e. The fourth-order valence-corrected chi connectivity index (χ4v) is 3.56. The lowest BCUT2D eigenvalue weighted by Crippen LogP contribution is -2.37. The Morgan fingerprint density at radius 3 is 2.31 bits per heavy atom. The van der Waals surface area contributed by atoms with E-state index in [1.807, 2.05) is 42.5 Å². The highest BCUT2D eigenvalue weighted by Crippen LogP contribution is 2.26. The fraction of sp³-hybridized carbons (Fsp3) is 0.280. The Labute approximate surface area is 172 Å². The third-order valence-corrected chi connectivity index (χ3v) is 5.22. The van der Waals surface area contributed by atoms with Crippen molar-refractivity contribution in [2.75, 3.05) is 26.8 Å². The maximum absolute atomic E-state index is 6.04. The van der Waals surface area contributed by atoms with Crippen LogP contribution < -0.4 is 9.47 Å². The maximum Gasteiger partial charge on any atom is 0.119 e. The summed E-state index contributed by atoms with van der Waals surface area (Å²) in [5.74, 6) is 1.77. The largest absolute Gasteiger partial charge is 0.497 e. The Morgan fingerprint density at radius 1 is 0.862 bits per heavy atom. The van der Waals surface area contributed by atoms with Gasteiger partial charge in [0.15, 0.2) is 0 Å². The number of rotatable bonds is 7. The summed E-state index contributed by atoms with van der Waals surface area (Å²) in [5.41, 5.74) is 3.65. The first-order valence-electron chi connectivity index (χ1n) is 10.0. The molecule has 0 bridgehead atoms. The van der Waals surface area contributed by atoms with Crippen molar-refractivity contribution in [3.8, 4) is 11.5 Å². The van der Waals surface area contributed by atoms with E-state index in [1.165, 1.54) is 16.7 Å². The molecule has 0 aliphatic carbocycles. The van der Waals surface area contributed by atoms with Crippen molar-refractivity contribution < 1.29 is 14.2 Å². The first kappa shape index (κ1) is 19.5. The van der Waals surface area contributed by atoms with Gasteiger partial charge in [0.1, 0.15) is 18.1 Å². The summed E-state index contributed by atoms with van der Waals surface area (Å²) >= 11 is 0. The monoisotopic (exact) mass is 389 g/mol. The van der Waals surface area contributed by atoms with Gasteiger partial charge in [0.25, 0.3) is 0 Å². The van der Waals surface area contributed by atoms with Gasteiger partial charge in [0.2, 0.25) is 0 Å². The summed E-state index contributed by atoms with van der Waals surface area (Å²) in [4.78, 5) is 2.44. The SMILES string of the molecule is COc1ccc(CN2CCOC(c3ccc(OCc4ccccc4)cc3)C2)cc1. The first-order chi connectivity index (χ1) is 14.3. The topological polar surface area (TPSA) is 30.9 Å². The highest BCUT2D eigenvalue weighted by molar-refractivity contribution is 5.30. The van der Waals surface area contributed by atoms with Crippen molar-refractivity contribution in [1.29, 1.82) is 0 Å². The Kier molecular flexibility index (Phi) is 6.45. The molecule has 4 rings (SSSR count). The van der Waals surface area contributed by atoms with E-state index in [2.05, 4.69) is 41.3 Å². The molecule has 3 aromatic carbocycles. The minimum absolute atomic E-state index is 0.0881. The summed E-state index contributed by atoms with van der Waals surface area (Å²) < 4.78 is 17.2. The van der Waals surface area contributed by atoms with Crippen LogP contribution in [0.3, 0.4) is 0 Å². The number of methoxy groups -OCH3 is 1. The second-order valence-corrected chi connectivity index (χ2v) is 7.29. The van der Waals surface area contributed by atoms with Gasteiger partial charge < -0.3 is 14.2 Å². The molecule has 0 saturated carbocycles. The number of ether oxygens (including phenoxy) is 3. The van der Waals surface area contributed by atoms with E-state index in [4.69, 9.17) is 14.2 Å². The van der Waals surface area contributed by atoms with Gasteiger partial charge in [-0.15, -0.1) is 0 Å². The normalized spacial score (nSPS) is 17.1. The number of benzene rings is 3. The molecule has 3 aromatic rings. The summed E-state index contributed by atoms with van der Waals surface area (Å²) in [6, 6.07) is 26.8. The molecule has 0 aromatic heterocycles. The summed E-state index contributed by atoms with van der Waals surface area (Å²) in [6.07, 6.45) is 0.0881. The van der Waals surface area contributed by atoms with Crippen LogP contribution in [0.2, 0.25) is 0 Å². The highest BCUT2D eigenvalue weighted by atomic mass is 16.5. The molecule has 1 saturated heterocycles. The first-order valence-corrected chi connectivity index (χ1v) is 10.0. The second-order valence-electron chi connectivity index (χ2n) is 7.29. The Hall–Kier alpha value is -2.82. The lowest BCUT2D eigenvalue weighted by molar-refractivity contribution is -0.0329. The van der Waals surface area contributed by atoms with Crippen molar-refractivity contribution in [3.63, 3.8) is 0 Å². The van der Waals surface area contributed by atoms with E-state index >= 15 is 0 Å². The van der Waals surface area contributed by atoms with Crippen molar-refractivity contribution in [2.24, 2.45) is 0 Å². The molecule has 1 fully saturated rings. The van der Waals surface area contributed by atoms with Crippen LogP contribution in [-0.2, 0) is 17.9 Å². The molecule has 1 heterocycles. The summed E-state index contributed by atoms with van der Waals surface area (Å²) in [5, 5.41) is 0. The van der Waals surface area contributed by atoms with Crippen LogP contribution in [0.15, 0.2) is 78.9 Å². The zero-order valence-electron chi connectivity index (χ0n) is 16.8. The van der Waals surface area contributed by atoms with Gasteiger partial charge in [0.05, 0.1) is 19.8 Å². The van der Waals surface area contributed by atoms with Crippen LogP contribution >= 0.6 is 0 Å². The molecular weight excluding hydrogens is 362 g/mol. The molecule has 0 spiro atoms. The second kappa shape index (κ2) is 9.59. The molecule has 1 unspecified atom stereocenters. The number of morpholine rings is 1. The third-order valence-electron chi connectivity index (χ3n) is 5.22. The van der Waals surface area contributed by atoms with Crippen molar-refractivity contribution in [2.45, 2.75) is 19.3 Å². The summed E-state index contributed by atoms with van der Waals surface area (Å²) in [7, 11) is 1.69. The van der Waals surface area contributed by atoms with Crippen LogP contribution in [0.1, 0.15) is 22.8 Å². The molecule has 29 heavy (non-hydrogen) atoms. The van der Waals surface area contributed by atoms with Crippen molar-refractivity contribution >= 4 is 0 Å². The molecule has 1 aliphatic heterocycles. The van der Waals surface area contributed by atoms with Gasteiger partial charge in [0, 0.05) is 19.6 Å². The lowest BCUT2D eigenvalue weighted by Gasteiger charge is -2.33. The Bertz CT molecular complexity index is 878. The zero-order chi connectivity index (χ0) is 19.9. The van der Waals surface area contributed by atoms with Crippen LogP contribution in [0.4, 0.5) is 0 Å². The van der Waals surface area contributed by atoms with E-state index in [0.717, 1.165) is 37.7 Å². The summed E-state index contributed by atoms with van der Waals surface area (Å²) in [6.45, 7) is 4.07. The number of nitrogens with zero attached hydrogens (tertiary/aromatic N) is 1. The molecule has 4 nitrogen and oxygen atoms in total. The minimum atomic E-state index is 0.0881. The molecule has 0 amide bonds. The Morgan fingerprint density at radius 2 is 1.59 bits per heavy atom. The molecule has 1 aliphatic rings. The van der Waals surface area contributed by atoms with E-state index in [-0.39, 0.29) is 6.10 Å². The van der Waals surface area contributed by atoms with Gasteiger partial charge >= 0.3 is 0 Å². The molecule has 4 heteroatoms. The molecule has 0 N–H and O–H groups in total. The van der Waals surface area contributed by atoms with E-state index in [0.29, 0.717) is 6.61 Å². The molecule has 1 atom stereocenters. The van der Waals surface area contributed by atoms with Gasteiger partial charge in [-0.25, -0.2) is 0 Å². The minimum Gasteiger partial charge on any atom is -0.497 e. The van der Waals surface area contributed by atoms with E-state index < -0.39 is 0 Å². The Balaban J connectivity index is 1.32. The molecule has 0 radical (unpaired) electrons. The average molecular weight is 389 g/mol. The van der Waals surface area contributed by atoms with Gasteiger partial charge in [-0.2, -0.15) is 0 Å². The van der Waals surface area contributed by atoms with Crippen molar-refractivity contribution in [1.82, 2.24) is 4.90 Å². The van der Waals surface area contributed by atoms with Gasteiger partial charge in [-0.3, -0.25) is 4.90 Å². The number of hydrogen-bond donors (Lipinski definition) is 0. The number of hydrogen-bond acceptors (Lipinski definition) is 4. The van der Waals surface area contributed by atoms with Crippen molar-refractivity contribution in [3.05, 3.63) is 95.6 Å². The predicted molar refractivity (Wildman–Crippen MR) is 114 cm³/mol. The van der Waals surface area contributed by atoms with Crippen LogP contribution in [0.25, 0.3) is 0 Å². The van der Waals surface area contributed by atoms with E-state index in [9.17, 15) is 0 Å². The highest BCUT2D eigenvalue weighted by Gasteiger charge is 2.22. The fourth-order valence-electron chi connectivity index (χ4n) is 3.56. The van der Waals surface area contributed by atoms with Gasteiger partial charge in [-0.1, -0.05) is 54.6 Å². The predicted octanol–water partition coefficient (Wildman–Crippen LogP) is 4.85. The maximum atomic E-state index is 6.04. The zero-order valence-corrected chi connectivity index (χ0v) is 16.8. The molecule has 150 valence electrons. The van der Waals surface area contributed by atoms with Crippen LogP contribution in [0, 0.1) is 0 Å². The average Bonchev–Trinajstić information content (AvgIpc) is 2.79. The quantitative estimate of drug-likeness (QED) is 0.578. The van der Waals surface area contributed by atoms with Gasteiger partial charge in [-0.05, 0) is 41.0 Å². The molecular formula is C25H27NO3.